The fourth-order valence-electron chi connectivity index (χ4n) is 4.13. The lowest BCUT2D eigenvalue weighted by Gasteiger charge is -2.29. The molecule has 0 aliphatic carbocycles. The van der Waals surface area contributed by atoms with Gasteiger partial charge in [0.25, 0.3) is 5.91 Å². The van der Waals surface area contributed by atoms with Crippen LogP contribution in [0.5, 0.6) is 0 Å². The Bertz CT molecular complexity index is 1280. The molecule has 1 saturated heterocycles. The zero-order valence-electron chi connectivity index (χ0n) is 20.3. The SMILES string of the molecule is CC1CCN(S(=O)(=O)c2ccc(C(=O)N(CCCN(C)C)c3nc4ccc(Br)cc4s3)cc2)CC1. The first-order valence-corrected chi connectivity index (χ1v) is 14.8. The second-order valence-electron chi connectivity index (χ2n) is 9.33. The van der Waals surface area contributed by atoms with Gasteiger partial charge >= 0.3 is 0 Å². The largest absolute Gasteiger partial charge is 0.309 e. The van der Waals surface area contributed by atoms with Crippen molar-refractivity contribution in [2.75, 3.05) is 45.2 Å². The highest BCUT2D eigenvalue weighted by Gasteiger charge is 2.28. The number of sulfonamides is 1. The molecule has 0 radical (unpaired) electrons. The van der Waals surface area contributed by atoms with Crippen LogP contribution in [0.2, 0.25) is 0 Å². The first kappa shape index (κ1) is 26.2. The van der Waals surface area contributed by atoms with Crippen molar-refractivity contribution in [1.29, 1.82) is 0 Å². The smallest absolute Gasteiger partial charge is 0.260 e. The van der Waals surface area contributed by atoms with E-state index < -0.39 is 10.0 Å². The first-order chi connectivity index (χ1) is 16.6. The second-order valence-corrected chi connectivity index (χ2v) is 13.2. The number of hydrogen-bond acceptors (Lipinski definition) is 6. The van der Waals surface area contributed by atoms with Gasteiger partial charge < -0.3 is 4.90 Å². The van der Waals surface area contributed by atoms with E-state index in [-0.39, 0.29) is 10.8 Å². The van der Waals surface area contributed by atoms with Gasteiger partial charge in [0.1, 0.15) is 0 Å². The van der Waals surface area contributed by atoms with E-state index in [1.165, 1.54) is 11.3 Å². The Balaban J connectivity index is 1.58. The molecule has 2 heterocycles. The number of hydrogen-bond donors (Lipinski definition) is 0. The van der Waals surface area contributed by atoms with Crippen LogP contribution >= 0.6 is 27.3 Å². The molecule has 10 heteroatoms. The summed E-state index contributed by atoms with van der Waals surface area (Å²) in [4.78, 5) is 22.3. The molecule has 0 spiro atoms. The minimum atomic E-state index is -3.56. The van der Waals surface area contributed by atoms with Gasteiger partial charge in [-0.05, 0) is 88.3 Å². The summed E-state index contributed by atoms with van der Waals surface area (Å²) >= 11 is 4.97. The van der Waals surface area contributed by atoms with E-state index in [9.17, 15) is 13.2 Å². The number of halogens is 1. The normalized spacial score (nSPS) is 15.7. The maximum atomic E-state index is 13.6. The van der Waals surface area contributed by atoms with Gasteiger partial charge in [-0.15, -0.1) is 0 Å². The summed E-state index contributed by atoms with van der Waals surface area (Å²) in [6.45, 7) is 4.59. The van der Waals surface area contributed by atoms with Crippen LogP contribution in [-0.2, 0) is 10.0 Å². The number of carbonyl (C=O) groups is 1. The van der Waals surface area contributed by atoms with Crippen molar-refractivity contribution in [2.24, 2.45) is 5.92 Å². The van der Waals surface area contributed by atoms with Gasteiger partial charge in [-0.3, -0.25) is 9.69 Å². The Morgan fingerprint density at radius 3 is 2.46 bits per heavy atom. The number of anilines is 1. The molecule has 1 aromatic heterocycles. The molecule has 7 nitrogen and oxygen atoms in total. The number of aromatic nitrogens is 1. The van der Waals surface area contributed by atoms with E-state index in [1.807, 2.05) is 32.3 Å². The molecule has 0 bridgehead atoms. The summed E-state index contributed by atoms with van der Waals surface area (Å²) in [5.74, 6) is 0.362. The summed E-state index contributed by atoms with van der Waals surface area (Å²) in [5, 5.41) is 0.640. The van der Waals surface area contributed by atoms with Crippen LogP contribution in [0.4, 0.5) is 5.13 Å². The number of amides is 1. The van der Waals surface area contributed by atoms with Gasteiger partial charge in [0.05, 0.1) is 15.1 Å². The van der Waals surface area contributed by atoms with E-state index in [0.29, 0.717) is 36.2 Å². The van der Waals surface area contributed by atoms with Gasteiger partial charge in [-0.1, -0.05) is 34.2 Å². The fraction of sp³-hybridized carbons (Fsp3) is 0.440. The summed E-state index contributed by atoms with van der Waals surface area (Å²) in [5.41, 5.74) is 1.29. The molecule has 35 heavy (non-hydrogen) atoms. The number of benzene rings is 2. The molecule has 4 rings (SSSR count). The highest BCUT2D eigenvalue weighted by Crippen LogP contribution is 2.32. The summed E-state index contributed by atoms with van der Waals surface area (Å²) in [6.07, 6.45) is 2.53. The molecule has 2 aromatic carbocycles. The van der Waals surface area contributed by atoms with E-state index in [0.717, 1.165) is 40.5 Å². The van der Waals surface area contributed by atoms with Crippen LogP contribution in [0.3, 0.4) is 0 Å². The fourth-order valence-corrected chi connectivity index (χ4v) is 7.14. The van der Waals surface area contributed by atoms with E-state index in [4.69, 9.17) is 4.98 Å². The lowest BCUT2D eigenvalue weighted by molar-refractivity contribution is 0.0986. The maximum Gasteiger partial charge on any atom is 0.260 e. The number of piperidine rings is 1. The van der Waals surface area contributed by atoms with E-state index >= 15 is 0 Å². The Morgan fingerprint density at radius 1 is 1.11 bits per heavy atom. The Labute approximate surface area is 219 Å². The van der Waals surface area contributed by atoms with Gasteiger partial charge in [0, 0.05) is 29.7 Å². The Kier molecular flexibility index (Phi) is 8.27. The average molecular weight is 580 g/mol. The molecule has 0 atom stereocenters. The predicted molar refractivity (Wildman–Crippen MR) is 146 cm³/mol. The summed E-state index contributed by atoms with van der Waals surface area (Å²) < 4.78 is 29.7. The maximum absolute atomic E-state index is 13.6. The van der Waals surface area contributed by atoms with Crippen molar-refractivity contribution < 1.29 is 13.2 Å². The predicted octanol–water partition coefficient (Wildman–Crippen LogP) is 5.08. The average Bonchev–Trinajstić information content (AvgIpc) is 3.24. The molecular formula is C25H31BrN4O3S2. The molecule has 0 unspecified atom stereocenters. The van der Waals surface area contributed by atoms with E-state index in [1.54, 1.807) is 33.5 Å². The van der Waals surface area contributed by atoms with Crippen LogP contribution < -0.4 is 4.90 Å². The van der Waals surface area contributed by atoms with Crippen LogP contribution in [0.15, 0.2) is 51.8 Å². The van der Waals surface area contributed by atoms with Gasteiger partial charge in [0.2, 0.25) is 10.0 Å². The minimum Gasteiger partial charge on any atom is -0.309 e. The highest BCUT2D eigenvalue weighted by molar-refractivity contribution is 9.10. The molecular weight excluding hydrogens is 548 g/mol. The lowest BCUT2D eigenvalue weighted by atomic mass is 10.0. The lowest BCUT2D eigenvalue weighted by Crippen LogP contribution is -2.38. The van der Waals surface area contributed by atoms with Crippen molar-refractivity contribution in [2.45, 2.75) is 31.1 Å². The van der Waals surface area contributed by atoms with Gasteiger partial charge in [-0.25, -0.2) is 13.4 Å². The van der Waals surface area contributed by atoms with Crippen molar-refractivity contribution in [3.05, 3.63) is 52.5 Å². The van der Waals surface area contributed by atoms with Crippen molar-refractivity contribution in [3.8, 4) is 0 Å². The third kappa shape index (κ3) is 6.11. The van der Waals surface area contributed by atoms with Crippen LogP contribution in [0, 0.1) is 5.92 Å². The van der Waals surface area contributed by atoms with Crippen molar-refractivity contribution in [1.82, 2.24) is 14.2 Å². The quantitative estimate of drug-likeness (QED) is 0.372. The molecule has 0 saturated carbocycles. The molecule has 0 N–H and O–H groups in total. The van der Waals surface area contributed by atoms with Gasteiger partial charge in [0.15, 0.2) is 5.13 Å². The van der Waals surface area contributed by atoms with Crippen LogP contribution in [-0.4, -0.2) is 68.8 Å². The third-order valence-corrected chi connectivity index (χ3v) is 9.73. The zero-order chi connectivity index (χ0) is 25.2. The standard InChI is InChI=1S/C25H31BrN4O3S2/c1-18-11-15-29(16-12-18)35(32,33)21-8-5-19(6-9-21)24(31)30(14-4-13-28(2)3)25-27-22-10-7-20(26)17-23(22)34-25/h5-10,17-18H,4,11-16H2,1-3H3. The molecule has 1 amide bonds. The van der Waals surface area contributed by atoms with Crippen molar-refractivity contribution >= 4 is 58.5 Å². The van der Waals surface area contributed by atoms with Crippen molar-refractivity contribution in [3.63, 3.8) is 0 Å². The number of thiazole rings is 1. The Morgan fingerprint density at radius 2 is 1.80 bits per heavy atom. The van der Waals surface area contributed by atoms with Gasteiger partial charge in [-0.2, -0.15) is 4.31 Å². The molecule has 188 valence electrons. The highest BCUT2D eigenvalue weighted by atomic mass is 79.9. The number of rotatable bonds is 8. The summed E-state index contributed by atoms with van der Waals surface area (Å²) in [6, 6.07) is 12.2. The van der Waals surface area contributed by atoms with Crippen LogP contribution in [0.25, 0.3) is 10.2 Å². The Hall–Kier alpha value is -1.85. The number of carbonyl (C=O) groups excluding carboxylic acids is 1. The molecule has 1 aliphatic rings. The first-order valence-electron chi connectivity index (χ1n) is 11.8. The van der Waals surface area contributed by atoms with Crippen LogP contribution in [0.1, 0.15) is 36.5 Å². The summed E-state index contributed by atoms with van der Waals surface area (Å²) in [7, 11) is 0.450. The second kappa shape index (κ2) is 11.0. The zero-order valence-corrected chi connectivity index (χ0v) is 23.5. The topological polar surface area (TPSA) is 73.8 Å². The molecule has 3 aromatic rings. The monoisotopic (exact) mass is 578 g/mol. The van der Waals surface area contributed by atoms with E-state index in [2.05, 4.69) is 27.8 Å². The minimum absolute atomic E-state index is 0.183. The third-order valence-electron chi connectivity index (χ3n) is 6.28. The number of fused-ring (bicyclic) bond motifs is 1. The molecule has 1 fully saturated rings. The molecule has 1 aliphatic heterocycles. The number of nitrogens with zero attached hydrogens (tertiary/aromatic N) is 4.